The zero-order chi connectivity index (χ0) is 8.97. The molecule has 1 aromatic heterocycles. The molecule has 0 bridgehead atoms. The molecule has 0 aliphatic carbocycles. The van der Waals surface area contributed by atoms with Crippen molar-refractivity contribution in [2.45, 2.75) is 25.5 Å². The molecule has 0 saturated carbocycles. The van der Waals surface area contributed by atoms with E-state index in [0.717, 1.165) is 0 Å². The van der Waals surface area contributed by atoms with Crippen LogP contribution in [0.1, 0.15) is 6.42 Å². The quantitative estimate of drug-likeness (QED) is 0.740. The summed E-state index contributed by atoms with van der Waals surface area (Å²) in [6.45, 7) is 0.318. The third-order valence-corrected chi connectivity index (χ3v) is 1.50. The van der Waals surface area contributed by atoms with Gasteiger partial charge in [-0.2, -0.15) is 5.10 Å². The second kappa shape index (κ2) is 4.15. The van der Waals surface area contributed by atoms with E-state index < -0.39 is 12.5 Å². The van der Waals surface area contributed by atoms with E-state index in [0.29, 0.717) is 6.54 Å². The average molecular weight is 176 g/mol. The highest BCUT2D eigenvalue weighted by Crippen LogP contribution is 2.05. The SMILES string of the molecule is OC(CCn1cccn1)C(F)F. The number of nitrogens with zero attached hydrogens (tertiary/aromatic N) is 2. The van der Waals surface area contributed by atoms with Gasteiger partial charge in [0.05, 0.1) is 0 Å². The number of aromatic nitrogens is 2. The van der Waals surface area contributed by atoms with Crippen molar-refractivity contribution in [3.05, 3.63) is 18.5 Å². The van der Waals surface area contributed by atoms with E-state index in [-0.39, 0.29) is 6.42 Å². The van der Waals surface area contributed by atoms with Crippen LogP contribution >= 0.6 is 0 Å². The van der Waals surface area contributed by atoms with Gasteiger partial charge in [0.25, 0.3) is 6.43 Å². The molecule has 0 fully saturated rings. The molecule has 1 unspecified atom stereocenters. The van der Waals surface area contributed by atoms with Crippen LogP contribution in [-0.2, 0) is 6.54 Å². The van der Waals surface area contributed by atoms with Gasteiger partial charge in [-0.15, -0.1) is 0 Å². The second-order valence-electron chi connectivity index (χ2n) is 2.46. The minimum Gasteiger partial charge on any atom is -0.387 e. The van der Waals surface area contributed by atoms with Gasteiger partial charge in [0, 0.05) is 18.9 Å². The summed E-state index contributed by atoms with van der Waals surface area (Å²) < 4.78 is 25.1. The summed E-state index contributed by atoms with van der Waals surface area (Å²) in [5, 5.41) is 12.5. The number of alkyl halides is 2. The normalized spacial score (nSPS) is 13.7. The predicted octanol–water partition coefficient (Wildman–Crippen LogP) is 0.899. The standard InChI is InChI=1S/C7H10F2N2O/c8-7(9)6(12)2-5-11-4-1-3-10-11/h1,3-4,6-7,12H,2,5H2. The summed E-state index contributed by atoms with van der Waals surface area (Å²) in [6.07, 6.45) is -0.957. The Kier molecular flexibility index (Phi) is 3.16. The first kappa shape index (κ1) is 9.12. The monoisotopic (exact) mass is 176 g/mol. The van der Waals surface area contributed by atoms with Crippen molar-refractivity contribution in [3.63, 3.8) is 0 Å². The summed E-state index contributed by atoms with van der Waals surface area (Å²) in [6, 6.07) is 1.70. The van der Waals surface area contributed by atoms with E-state index in [1.54, 1.807) is 18.5 Å². The Morgan fingerprint density at radius 1 is 1.50 bits per heavy atom. The van der Waals surface area contributed by atoms with Crippen LogP contribution in [0.15, 0.2) is 18.5 Å². The van der Waals surface area contributed by atoms with E-state index in [1.165, 1.54) is 4.68 Å². The highest BCUT2D eigenvalue weighted by Gasteiger charge is 2.15. The molecule has 0 saturated heterocycles. The molecule has 0 amide bonds. The van der Waals surface area contributed by atoms with Crippen LogP contribution in [0.5, 0.6) is 0 Å². The van der Waals surface area contributed by atoms with Crippen molar-refractivity contribution in [1.82, 2.24) is 9.78 Å². The van der Waals surface area contributed by atoms with Crippen molar-refractivity contribution in [2.75, 3.05) is 0 Å². The Morgan fingerprint density at radius 3 is 2.75 bits per heavy atom. The molecule has 0 aromatic carbocycles. The topological polar surface area (TPSA) is 38.0 Å². The molecule has 0 radical (unpaired) electrons. The molecule has 68 valence electrons. The summed E-state index contributed by atoms with van der Waals surface area (Å²) in [5.74, 6) is 0. The number of rotatable bonds is 4. The minimum absolute atomic E-state index is 0.0271. The smallest absolute Gasteiger partial charge is 0.264 e. The number of aryl methyl sites for hydroxylation is 1. The first-order valence-corrected chi connectivity index (χ1v) is 3.64. The van der Waals surface area contributed by atoms with Gasteiger partial charge < -0.3 is 5.11 Å². The highest BCUT2D eigenvalue weighted by molar-refractivity contribution is 4.77. The lowest BCUT2D eigenvalue weighted by Gasteiger charge is -2.08. The molecular weight excluding hydrogens is 166 g/mol. The van der Waals surface area contributed by atoms with Crippen LogP contribution in [0, 0.1) is 0 Å². The largest absolute Gasteiger partial charge is 0.387 e. The maximum absolute atomic E-state index is 11.8. The molecule has 12 heavy (non-hydrogen) atoms. The lowest BCUT2D eigenvalue weighted by Crippen LogP contribution is -2.19. The van der Waals surface area contributed by atoms with Crippen LogP contribution in [0.4, 0.5) is 8.78 Å². The zero-order valence-electron chi connectivity index (χ0n) is 6.40. The van der Waals surface area contributed by atoms with Crippen molar-refractivity contribution in [1.29, 1.82) is 0 Å². The maximum Gasteiger partial charge on any atom is 0.264 e. The molecule has 5 heteroatoms. The van der Waals surface area contributed by atoms with Crippen LogP contribution in [0.25, 0.3) is 0 Å². The lowest BCUT2D eigenvalue weighted by molar-refractivity contribution is -0.0113. The average Bonchev–Trinajstić information content (AvgIpc) is 2.51. The van der Waals surface area contributed by atoms with Gasteiger partial charge in [0.15, 0.2) is 0 Å². The molecule has 1 rings (SSSR count). The van der Waals surface area contributed by atoms with E-state index in [1.807, 2.05) is 0 Å². The molecule has 3 nitrogen and oxygen atoms in total. The Morgan fingerprint density at radius 2 is 2.25 bits per heavy atom. The minimum atomic E-state index is -2.67. The molecule has 1 heterocycles. The summed E-state index contributed by atoms with van der Waals surface area (Å²) >= 11 is 0. The second-order valence-corrected chi connectivity index (χ2v) is 2.46. The van der Waals surface area contributed by atoms with E-state index >= 15 is 0 Å². The van der Waals surface area contributed by atoms with E-state index in [4.69, 9.17) is 5.11 Å². The molecule has 0 aliphatic heterocycles. The van der Waals surface area contributed by atoms with Crippen LogP contribution in [-0.4, -0.2) is 27.4 Å². The fourth-order valence-electron chi connectivity index (χ4n) is 0.823. The maximum atomic E-state index is 11.8. The third-order valence-electron chi connectivity index (χ3n) is 1.50. The van der Waals surface area contributed by atoms with Gasteiger partial charge in [0.2, 0.25) is 0 Å². The Balaban J connectivity index is 2.27. The Bertz CT molecular complexity index is 213. The van der Waals surface area contributed by atoms with Gasteiger partial charge in [0.1, 0.15) is 6.10 Å². The van der Waals surface area contributed by atoms with Crippen molar-refractivity contribution in [3.8, 4) is 0 Å². The number of aliphatic hydroxyl groups is 1. The first-order valence-electron chi connectivity index (χ1n) is 3.64. The summed E-state index contributed by atoms with van der Waals surface area (Å²) in [5.41, 5.74) is 0. The fourth-order valence-corrected chi connectivity index (χ4v) is 0.823. The van der Waals surface area contributed by atoms with Crippen LogP contribution < -0.4 is 0 Å². The lowest BCUT2D eigenvalue weighted by atomic mass is 10.2. The Labute approximate surface area is 68.6 Å². The van der Waals surface area contributed by atoms with Crippen molar-refractivity contribution in [2.24, 2.45) is 0 Å². The summed E-state index contributed by atoms with van der Waals surface area (Å²) in [7, 11) is 0. The third kappa shape index (κ3) is 2.58. The number of hydrogen-bond donors (Lipinski definition) is 1. The van der Waals surface area contributed by atoms with Gasteiger partial charge >= 0.3 is 0 Å². The van der Waals surface area contributed by atoms with Gasteiger partial charge in [-0.05, 0) is 12.5 Å². The predicted molar refractivity (Wildman–Crippen MR) is 38.9 cm³/mol. The molecule has 0 spiro atoms. The first-order chi connectivity index (χ1) is 5.70. The van der Waals surface area contributed by atoms with Gasteiger partial charge in [-0.25, -0.2) is 8.78 Å². The fraction of sp³-hybridized carbons (Fsp3) is 0.571. The van der Waals surface area contributed by atoms with Crippen molar-refractivity contribution >= 4 is 0 Å². The number of hydrogen-bond acceptors (Lipinski definition) is 2. The van der Waals surface area contributed by atoms with Crippen LogP contribution in [0.2, 0.25) is 0 Å². The zero-order valence-corrected chi connectivity index (χ0v) is 6.40. The van der Waals surface area contributed by atoms with Crippen molar-refractivity contribution < 1.29 is 13.9 Å². The summed E-state index contributed by atoms with van der Waals surface area (Å²) in [4.78, 5) is 0. The molecule has 1 atom stereocenters. The van der Waals surface area contributed by atoms with E-state index in [2.05, 4.69) is 5.10 Å². The molecule has 1 N–H and O–H groups in total. The van der Waals surface area contributed by atoms with Gasteiger partial charge in [-0.3, -0.25) is 4.68 Å². The Hall–Kier alpha value is -0.970. The highest BCUT2D eigenvalue weighted by atomic mass is 19.3. The van der Waals surface area contributed by atoms with Gasteiger partial charge in [-0.1, -0.05) is 0 Å². The molecular formula is C7H10F2N2O. The van der Waals surface area contributed by atoms with E-state index in [9.17, 15) is 8.78 Å². The molecule has 1 aromatic rings. The molecule has 0 aliphatic rings. The van der Waals surface area contributed by atoms with Crippen LogP contribution in [0.3, 0.4) is 0 Å². The number of aliphatic hydroxyl groups excluding tert-OH is 1. The number of halogens is 2.